The number of nitrogens with two attached hydrogens (primary N) is 1. The number of amides is 2. The van der Waals surface area contributed by atoms with Crippen LogP contribution < -0.4 is 21.3 Å². The van der Waals surface area contributed by atoms with E-state index in [0.717, 1.165) is 47.5 Å². The van der Waals surface area contributed by atoms with Crippen LogP contribution in [0.2, 0.25) is 0 Å². The normalized spacial score (nSPS) is 14.6. The second-order valence-electron chi connectivity index (χ2n) is 8.28. The summed E-state index contributed by atoms with van der Waals surface area (Å²) in [7, 11) is 0. The number of carbonyl (C=O) groups is 2. The monoisotopic (exact) mass is 442 g/mol. The number of hydrogen-bond donors (Lipinski definition) is 3. The quantitative estimate of drug-likeness (QED) is 0.489. The fourth-order valence-corrected chi connectivity index (χ4v) is 4.06. The molecule has 1 fully saturated rings. The minimum Gasteiger partial charge on any atom is -0.370 e. The maximum absolute atomic E-state index is 13.2. The number of nitrogens with zero attached hydrogens (tertiary/aromatic N) is 1. The molecule has 0 spiro atoms. The Morgan fingerprint density at radius 3 is 2.45 bits per heavy atom. The van der Waals surface area contributed by atoms with Crippen LogP contribution in [0.15, 0.2) is 78.9 Å². The van der Waals surface area contributed by atoms with Gasteiger partial charge in [-0.05, 0) is 53.8 Å². The first-order valence-corrected chi connectivity index (χ1v) is 11.4. The molecule has 3 aromatic rings. The van der Waals surface area contributed by atoms with Crippen molar-refractivity contribution in [3.63, 3.8) is 0 Å². The first-order chi connectivity index (χ1) is 16.1. The van der Waals surface area contributed by atoms with Crippen molar-refractivity contribution in [2.24, 2.45) is 5.73 Å². The highest BCUT2D eigenvalue weighted by atomic mass is 16.2. The van der Waals surface area contributed by atoms with Gasteiger partial charge in [0, 0.05) is 37.4 Å². The van der Waals surface area contributed by atoms with Crippen LogP contribution in [0.3, 0.4) is 0 Å². The molecule has 1 aliphatic rings. The highest BCUT2D eigenvalue weighted by Gasteiger charge is 2.21. The van der Waals surface area contributed by atoms with Crippen LogP contribution in [0.4, 0.5) is 11.4 Å². The van der Waals surface area contributed by atoms with Crippen LogP contribution in [0.25, 0.3) is 0 Å². The molecule has 0 bridgehead atoms. The number of nitrogens with one attached hydrogen (secondary N) is 2. The van der Waals surface area contributed by atoms with Gasteiger partial charge in [-0.3, -0.25) is 9.59 Å². The summed E-state index contributed by atoms with van der Waals surface area (Å²) in [6.45, 7) is 1.61. The maximum Gasteiger partial charge on any atom is 0.247 e. The smallest absolute Gasteiger partial charge is 0.247 e. The van der Waals surface area contributed by atoms with Crippen LogP contribution >= 0.6 is 0 Å². The minimum absolute atomic E-state index is 0.116. The molecule has 0 aliphatic carbocycles. The number of rotatable bonds is 8. The van der Waals surface area contributed by atoms with E-state index in [9.17, 15) is 9.59 Å². The Bertz CT molecular complexity index is 1080. The third-order valence-corrected chi connectivity index (χ3v) is 5.91. The minimum atomic E-state index is -0.538. The van der Waals surface area contributed by atoms with E-state index in [0.29, 0.717) is 19.5 Å². The number of carbonyl (C=O) groups excluding carboxylic acids is 2. The van der Waals surface area contributed by atoms with Gasteiger partial charge < -0.3 is 21.3 Å². The van der Waals surface area contributed by atoms with Crippen molar-refractivity contribution >= 4 is 23.2 Å². The predicted octanol–water partition coefficient (Wildman–Crippen LogP) is 4.13. The van der Waals surface area contributed by atoms with E-state index >= 15 is 0 Å². The first-order valence-electron chi connectivity index (χ1n) is 11.4. The zero-order chi connectivity index (χ0) is 23.0. The van der Waals surface area contributed by atoms with E-state index in [4.69, 9.17) is 5.73 Å². The van der Waals surface area contributed by atoms with E-state index in [-0.39, 0.29) is 11.8 Å². The lowest BCUT2D eigenvalue weighted by Crippen LogP contribution is -2.35. The summed E-state index contributed by atoms with van der Waals surface area (Å²) in [5.74, 6) is 0.0624. The van der Waals surface area contributed by atoms with E-state index in [1.807, 2.05) is 83.8 Å². The Morgan fingerprint density at radius 1 is 0.939 bits per heavy atom. The topological polar surface area (TPSA) is 87.5 Å². The molecule has 1 heterocycles. The van der Waals surface area contributed by atoms with Crippen molar-refractivity contribution in [2.75, 3.05) is 16.8 Å². The van der Waals surface area contributed by atoms with Crippen molar-refractivity contribution < 1.29 is 9.59 Å². The average molecular weight is 443 g/mol. The van der Waals surface area contributed by atoms with Gasteiger partial charge in [0.2, 0.25) is 11.8 Å². The van der Waals surface area contributed by atoms with Gasteiger partial charge in [-0.15, -0.1) is 0 Å². The SMILES string of the molecule is NCc1cccc(NC(C(=O)NCc2ccc(N3CCCCC3=O)cc2)c2ccccc2)c1. The van der Waals surface area contributed by atoms with Crippen LogP contribution in [0.1, 0.15) is 42.0 Å². The van der Waals surface area contributed by atoms with Gasteiger partial charge in [0.05, 0.1) is 0 Å². The van der Waals surface area contributed by atoms with E-state index in [2.05, 4.69) is 10.6 Å². The molecular weight excluding hydrogens is 412 g/mol. The fourth-order valence-electron chi connectivity index (χ4n) is 4.06. The molecule has 3 aromatic carbocycles. The highest BCUT2D eigenvalue weighted by Crippen LogP contribution is 2.23. The predicted molar refractivity (Wildman–Crippen MR) is 132 cm³/mol. The van der Waals surface area contributed by atoms with E-state index in [1.165, 1.54) is 0 Å². The van der Waals surface area contributed by atoms with E-state index in [1.54, 1.807) is 0 Å². The number of hydrogen-bond acceptors (Lipinski definition) is 4. The number of anilines is 2. The Kier molecular flexibility index (Phi) is 7.37. The molecule has 1 unspecified atom stereocenters. The molecule has 4 N–H and O–H groups in total. The molecule has 2 amide bonds. The second-order valence-corrected chi connectivity index (χ2v) is 8.28. The molecule has 33 heavy (non-hydrogen) atoms. The van der Waals surface area contributed by atoms with Crippen molar-refractivity contribution in [3.8, 4) is 0 Å². The largest absolute Gasteiger partial charge is 0.370 e. The Balaban J connectivity index is 1.44. The summed E-state index contributed by atoms with van der Waals surface area (Å²) < 4.78 is 0. The van der Waals surface area contributed by atoms with Crippen molar-refractivity contribution in [2.45, 2.75) is 38.4 Å². The third kappa shape index (κ3) is 5.79. The zero-order valence-electron chi connectivity index (χ0n) is 18.7. The molecular formula is C27H30N4O2. The van der Waals surface area contributed by atoms with Crippen LogP contribution in [-0.2, 0) is 22.7 Å². The molecule has 6 nitrogen and oxygen atoms in total. The van der Waals surface area contributed by atoms with Gasteiger partial charge in [-0.1, -0.05) is 54.6 Å². The molecule has 1 saturated heterocycles. The second kappa shape index (κ2) is 10.8. The molecule has 170 valence electrons. The molecule has 0 radical (unpaired) electrons. The van der Waals surface area contributed by atoms with Gasteiger partial charge in [0.25, 0.3) is 0 Å². The summed E-state index contributed by atoms with van der Waals surface area (Å²) in [4.78, 5) is 27.2. The number of piperidine rings is 1. The Morgan fingerprint density at radius 2 is 1.73 bits per heavy atom. The van der Waals surface area contributed by atoms with Crippen molar-refractivity contribution in [1.29, 1.82) is 0 Å². The third-order valence-electron chi connectivity index (χ3n) is 5.91. The standard InChI is InChI=1S/C27H30N4O2/c28-18-21-7-6-10-23(17-21)30-26(22-8-2-1-3-9-22)27(33)29-19-20-12-14-24(15-13-20)31-16-5-4-11-25(31)32/h1-3,6-10,12-15,17,26,30H,4-5,11,16,18-19,28H2,(H,29,33). The van der Waals surface area contributed by atoms with Crippen LogP contribution in [0, 0.1) is 0 Å². The Labute approximate surface area is 194 Å². The average Bonchev–Trinajstić information content (AvgIpc) is 2.87. The van der Waals surface area contributed by atoms with Gasteiger partial charge >= 0.3 is 0 Å². The molecule has 6 heteroatoms. The Hall–Kier alpha value is -3.64. The lowest BCUT2D eigenvalue weighted by atomic mass is 10.0. The van der Waals surface area contributed by atoms with Crippen molar-refractivity contribution in [3.05, 3.63) is 95.6 Å². The summed E-state index contributed by atoms with van der Waals surface area (Å²) in [6, 6.07) is 24.7. The van der Waals surface area contributed by atoms with Crippen LogP contribution in [0.5, 0.6) is 0 Å². The van der Waals surface area contributed by atoms with Gasteiger partial charge in [-0.2, -0.15) is 0 Å². The van der Waals surface area contributed by atoms with Crippen LogP contribution in [-0.4, -0.2) is 18.4 Å². The summed E-state index contributed by atoms with van der Waals surface area (Å²) in [6.07, 6.45) is 2.61. The van der Waals surface area contributed by atoms with Crippen molar-refractivity contribution in [1.82, 2.24) is 5.32 Å². The fraction of sp³-hybridized carbons (Fsp3) is 0.259. The van der Waals surface area contributed by atoms with Gasteiger partial charge in [0.1, 0.15) is 6.04 Å². The highest BCUT2D eigenvalue weighted by molar-refractivity contribution is 5.94. The lowest BCUT2D eigenvalue weighted by Gasteiger charge is -2.27. The molecule has 1 aliphatic heterocycles. The molecule has 4 rings (SSSR count). The van der Waals surface area contributed by atoms with E-state index < -0.39 is 6.04 Å². The zero-order valence-corrected chi connectivity index (χ0v) is 18.7. The number of benzene rings is 3. The molecule has 1 atom stereocenters. The van der Waals surface area contributed by atoms with Gasteiger partial charge in [-0.25, -0.2) is 0 Å². The summed E-state index contributed by atoms with van der Waals surface area (Å²) in [5.41, 5.74) is 10.4. The first kappa shape index (κ1) is 22.6. The summed E-state index contributed by atoms with van der Waals surface area (Å²) >= 11 is 0. The summed E-state index contributed by atoms with van der Waals surface area (Å²) in [5, 5.41) is 6.40. The molecule has 0 saturated carbocycles. The van der Waals surface area contributed by atoms with Gasteiger partial charge in [0.15, 0.2) is 0 Å². The maximum atomic E-state index is 13.2. The molecule has 0 aromatic heterocycles. The lowest BCUT2D eigenvalue weighted by molar-refractivity contribution is -0.122.